The van der Waals surface area contributed by atoms with E-state index in [1.807, 2.05) is 37.3 Å². The Kier molecular flexibility index (Phi) is 4.20. The summed E-state index contributed by atoms with van der Waals surface area (Å²) in [5.41, 5.74) is 0.979. The molecule has 0 heterocycles. The highest BCUT2D eigenvalue weighted by atomic mass is 16.4. The number of carboxylic acid groups (broad SMARTS) is 1. The van der Waals surface area contributed by atoms with E-state index < -0.39 is 5.97 Å². The van der Waals surface area contributed by atoms with Gasteiger partial charge in [-0.2, -0.15) is 0 Å². The third-order valence-corrected chi connectivity index (χ3v) is 3.82. The Balaban J connectivity index is 1.90. The van der Waals surface area contributed by atoms with E-state index in [1.54, 1.807) is 0 Å². The Hall–Kier alpha value is -1.84. The number of carboxylic acids is 1. The molecule has 2 N–H and O–H groups in total. The molecule has 3 atom stereocenters. The van der Waals surface area contributed by atoms with Crippen LogP contribution in [0.2, 0.25) is 0 Å². The molecule has 1 aliphatic carbocycles. The summed E-state index contributed by atoms with van der Waals surface area (Å²) in [5.74, 6) is -1.29. The van der Waals surface area contributed by atoms with Crippen LogP contribution in [0.25, 0.3) is 0 Å². The summed E-state index contributed by atoms with van der Waals surface area (Å²) in [6.07, 6.45) is 1.95. The molecule has 0 bridgehead atoms. The number of aliphatic carboxylic acids is 1. The van der Waals surface area contributed by atoms with Gasteiger partial charge in [0.25, 0.3) is 0 Å². The van der Waals surface area contributed by atoms with E-state index in [2.05, 4.69) is 5.32 Å². The normalized spacial score (nSPS) is 23.8. The van der Waals surface area contributed by atoms with Gasteiger partial charge in [-0.05, 0) is 31.7 Å². The molecule has 1 aliphatic rings. The zero-order chi connectivity index (χ0) is 13.8. The molecule has 0 saturated heterocycles. The maximum Gasteiger partial charge on any atom is 0.306 e. The van der Waals surface area contributed by atoms with Crippen molar-refractivity contribution < 1.29 is 14.7 Å². The van der Waals surface area contributed by atoms with E-state index in [1.165, 1.54) is 0 Å². The highest BCUT2D eigenvalue weighted by Crippen LogP contribution is 2.26. The Morgan fingerprint density at radius 2 is 1.95 bits per heavy atom. The van der Waals surface area contributed by atoms with Gasteiger partial charge in [0, 0.05) is 6.04 Å². The van der Waals surface area contributed by atoms with E-state index in [4.69, 9.17) is 5.11 Å². The quantitative estimate of drug-likeness (QED) is 0.872. The number of hydrogen-bond acceptors (Lipinski definition) is 2. The molecule has 0 aromatic heterocycles. The van der Waals surface area contributed by atoms with Crippen LogP contribution < -0.4 is 5.32 Å². The first-order valence-corrected chi connectivity index (χ1v) is 6.66. The number of hydrogen-bond donors (Lipinski definition) is 2. The number of benzene rings is 1. The van der Waals surface area contributed by atoms with Crippen molar-refractivity contribution in [1.29, 1.82) is 0 Å². The van der Waals surface area contributed by atoms with Crippen LogP contribution in [0.15, 0.2) is 30.3 Å². The molecule has 2 rings (SSSR count). The fourth-order valence-electron chi connectivity index (χ4n) is 2.56. The summed E-state index contributed by atoms with van der Waals surface area (Å²) in [6.45, 7) is 1.87. The first kappa shape index (κ1) is 13.6. The fraction of sp³-hybridized carbons (Fsp3) is 0.467. The van der Waals surface area contributed by atoms with Crippen LogP contribution >= 0.6 is 0 Å². The summed E-state index contributed by atoms with van der Waals surface area (Å²) in [4.78, 5) is 23.0. The van der Waals surface area contributed by atoms with Crippen molar-refractivity contribution in [3.8, 4) is 0 Å². The Morgan fingerprint density at radius 1 is 1.26 bits per heavy atom. The summed E-state index contributed by atoms with van der Waals surface area (Å²) in [5, 5.41) is 11.9. The molecule has 19 heavy (non-hydrogen) atoms. The van der Waals surface area contributed by atoms with E-state index >= 15 is 0 Å². The fourth-order valence-corrected chi connectivity index (χ4v) is 2.56. The van der Waals surface area contributed by atoms with Crippen LogP contribution in [0.5, 0.6) is 0 Å². The van der Waals surface area contributed by atoms with Gasteiger partial charge in [0.15, 0.2) is 0 Å². The topological polar surface area (TPSA) is 66.4 Å². The van der Waals surface area contributed by atoms with E-state index in [-0.39, 0.29) is 23.8 Å². The van der Waals surface area contributed by atoms with Crippen molar-refractivity contribution in [2.45, 2.75) is 38.1 Å². The molecule has 1 aromatic rings. The molecule has 0 unspecified atom stereocenters. The molecule has 0 aliphatic heterocycles. The van der Waals surface area contributed by atoms with Crippen LogP contribution in [0, 0.1) is 5.92 Å². The SMILES string of the molecule is C[C@@H](C(=O)N[C@@H]1CC[C@H](C(=O)O)C1)c1ccccc1. The number of carbonyl (C=O) groups excluding carboxylic acids is 1. The molecule has 4 nitrogen and oxygen atoms in total. The minimum Gasteiger partial charge on any atom is -0.481 e. The summed E-state index contributed by atoms with van der Waals surface area (Å²) in [6, 6.07) is 9.60. The third-order valence-electron chi connectivity index (χ3n) is 3.82. The predicted octanol–water partition coefficient (Wildman–Crippen LogP) is 2.16. The molecular formula is C15H19NO3. The molecular weight excluding hydrogens is 242 g/mol. The van der Waals surface area contributed by atoms with Crippen molar-refractivity contribution in [3.63, 3.8) is 0 Å². The van der Waals surface area contributed by atoms with Crippen LogP contribution in [0.1, 0.15) is 37.7 Å². The second-order valence-electron chi connectivity index (χ2n) is 5.19. The van der Waals surface area contributed by atoms with Gasteiger partial charge in [-0.25, -0.2) is 0 Å². The summed E-state index contributed by atoms with van der Waals surface area (Å²) < 4.78 is 0. The van der Waals surface area contributed by atoms with Crippen LogP contribution in [-0.2, 0) is 9.59 Å². The molecule has 0 spiro atoms. The zero-order valence-electron chi connectivity index (χ0n) is 11.0. The highest BCUT2D eigenvalue weighted by molar-refractivity contribution is 5.83. The van der Waals surface area contributed by atoms with Gasteiger partial charge in [0.05, 0.1) is 11.8 Å². The van der Waals surface area contributed by atoms with E-state index in [0.717, 1.165) is 12.0 Å². The van der Waals surface area contributed by atoms with Crippen LogP contribution in [-0.4, -0.2) is 23.0 Å². The predicted molar refractivity (Wildman–Crippen MR) is 71.8 cm³/mol. The average Bonchev–Trinajstić information content (AvgIpc) is 2.87. The lowest BCUT2D eigenvalue weighted by atomic mass is 10.00. The first-order chi connectivity index (χ1) is 9.08. The Labute approximate surface area is 112 Å². The number of rotatable bonds is 4. The zero-order valence-corrected chi connectivity index (χ0v) is 11.0. The first-order valence-electron chi connectivity index (χ1n) is 6.66. The molecule has 4 heteroatoms. The second-order valence-corrected chi connectivity index (χ2v) is 5.19. The maximum absolute atomic E-state index is 12.1. The van der Waals surface area contributed by atoms with Gasteiger partial charge in [-0.3, -0.25) is 9.59 Å². The monoisotopic (exact) mass is 261 g/mol. The molecule has 102 valence electrons. The van der Waals surface area contributed by atoms with Crippen molar-refractivity contribution in [2.75, 3.05) is 0 Å². The standard InChI is InChI=1S/C15H19NO3/c1-10(11-5-3-2-4-6-11)14(17)16-13-8-7-12(9-13)15(18)19/h2-6,10,12-13H,7-9H2,1H3,(H,16,17)(H,18,19)/t10-,12+,13-/m1/s1. The molecule has 1 amide bonds. The lowest BCUT2D eigenvalue weighted by Gasteiger charge is -2.17. The largest absolute Gasteiger partial charge is 0.481 e. The minimum atomic E-state index is -0.757. The number of nitrogens with one attached hydrogen (secondary N) is 1. The maximum atomic E-state index is 12.1. The molecule has 1 fully saturated rings. The van der Waals surface area contributed by atoms with Crippen molar-refractivity contribution in [1.82, 2.24) is 5.32 Å². The average molecular weight is 261 g/mol. The smallest absolute Gasteiger partial charge is 0.306 e. The van der Waals surface area contributed by atoms with Crippen molar-refractivity contribution in [2.24, 2.45) is 5.92 Å². The van der Waals surface area contributed by atoms with Gasteiger partial charge in [-0.15, -0.1) is 0 Å². The highest BCUT2D eigenvalue weighted by Gasteiger charge is 2.31. The van der Waals surface area contributed by atoms with Gasteiger partial charge in [-0.1, -0.05) is 30.3 Å². The second kappa shape index (κ2) is 5.87. The summed E-state index contributed by atoms with van der Waals surface area (Å²) in [7, 11) is 0. The minimum absolute atomic E-state index is 0.000220. The van der Waals surface area contributed by atoms with E-state index in [0.29, 0.717) is 12.8 Å². The van der Waals surface area contributed by atoms with Crippen molar-refractivity contribution in [3.05, 3.63) is 35.9 Å². The number of carbonyl (C=O) groups is 2. The number of amides is 1. The lowest BCUT2D eigenvalue weighted by Crippen LogP contribution is -2.36. The Morgan fingerprint density at radius 3 is 2.53 bits per heavy atom. The Bertz CT molecular complexity index is 458. The van der Waals surface area contributed by atoms with Crippen molar-refractivity contribution >= 4 is 11.9 Å². The van der Waals surface area contributed by atoms with Crippen LogP contribution in [0.3, 0.4) is 0 Å². The molecule has 0 radical (unpaired) electrons. The van der Waals surface area contributed by atoms with Gasteiger partial charge in [0.2, 0.25) is 5.91 Å². The van der Waals surface area contributed by atoms with E-state index in [9.17, 15) is 9.59 Å². The van der Waals surface area contributed by atoms with Crippen LogP contribution in [0.4, 0.5) is 0 Å². The van der Waals surface area contributed by atoms with Gasteiger partial charge in [0.1, 0.15) is 0 Å². The summed E-state index contributed by atoms with van der Waals surface area (Å²) >= 11 is 0. The van der Waals surface area contributed by atoms with Gasteiger partial charge >= 0.3 is 5.97 Å². The third kappa shape index (κ3) is 3.34. The lowest BCUT2D eigenvalue weighted by molar-refractivity contribution is -0.141. The molecule has 1 aromatic carbocycles. The molecule has 1 saturated carbocycles. The van der Waals surface area contributed by atoms with Gasteiger partial charge < -0.3 is 10.4 Å².